The van der Waals surface area contributed by atoms with Gasteiger partial charge >= 0.3 is 6.09 Å². The summed E-state index contributed by atoms with van der Waals surface area (Å²) in [5.74, 6) is -3.00. The van der Waals surface area contributed by atoms with Crippen LogP contribution in [0.15, 0.2) is 30.3 Å². The Hall–Kier alpha value is -1.69. The molecule has 134 valence electrons. The van der Waals surface area contributed by atoms with Crippen LogP contribution in [0.2, 0.25) is 0 Å². The Kier molecular flexibility index (Phi) is 5.48. The summed E-state index contributed by atoms with van der Waals surface area (Å²) in [5, 5.41) is 3.00. The van der Waals surface area contributed by atoms with E-state index in [0.717, 1.165) is 10.5 Å². The number of piperidine rings is 1. The monoisotopic (exact) mass is 340 g/mol. The first-order chi connectivity index (χ1) is 11.1. The highest BCUT2D eigenvalue weighted by molar-refractivity contribution is 5.68. The molecule has 0 radical (unpaired) electrons. The van der Waals surface area contributed by atoms with Gasteiger partial charge in [-0.05, 0) is 39.7 Å². The number of carbonyl (C=O) groups excluding carboxylic acids is 1. The van der Waals surface area contributed by atoms with E-state index < -0.39 is 30.2 Å². The van der Waals surface area contributed by atoms with Crippen LogP contribution < -0.4 is 5.32 Å². The van der Waals surface area contributed by atoms with Gasteiger partial charge in [-0.2, -0.15) is 0 Å². The fourth-order valence-corrected chi connectivity index (χ4v) is 2.77. The molecule has 0 aliphatic carbocycles. The molecule has 6 heteroatoms. The SMILES string of the molecule is C[C@@H](NC1CCN(C(=O)OC(C)(C)C)CC1(F)F)c1ccccc1. The van der Waals surface area contributed by atoms with Crippen LogP contribution in [0.3, 0.4) is 0 Å². The van der Waals surface area contributed by atoms with E-state index in [1.54, 1.807) is 20.8 Å². The van der Waals surface area contributed by atoms with E-state index in [4.69, 9.17) is 4.74 Å². The zero-order chi connectivity index (χ0) is 18.0. The average molecular weight is 340 g/mol. The van der Waals surface area contributed by atoms with Crippen LogP contribution in [0, 0.1) is 0 Å². The minimum absolute atomic E-state index is 0.184. The van der Waals surface area contributed by atoms with E-state index in [0.29, 0.717) is 0 Å². The summed E-state index contributed by atoms with van der Waals surface area (Å²) in [6.07, 6.45) is -0.500. The fourth-order valence-electron chi connectivity index (χ4n) is 2.77. The van der Waals surface area contributed by atoms with Crippen LogP contribution >= 0.6 is 0 Å². The minimum atomic E-state index is -3.00. The normalized spacial score (nSPS) is 22.1. The molecule has 0 bridgehead atoms. The second-order valence-corrected chi connectivity index (χ2v) is 7.30. The van der Waals surface area contributed by atoms with Crippen molar-refractivity contribution in [3.8, 4) is 0 Å². The Morgan fingerprint density at radius 1 is 1.33 bits per heavy atom. The molecular weight excluding hydrogens is 314 g/mol. The lowest BCUT2D eigenvalue weighted by atomic mass is 9.98. The summed E-state index contributed by atoms with van der Waals surface area (Å²) in [6.45, 7) is 6.66. The van der Waals surface area contributed by atoms with Gasteiger partial charge in [0.1, 0.15) is 5.60 Å². The molecular formula is C18H26F2N2O2. The third kappa shape index (κ3) is 4.90. The smallest absolute Gasteiger partial charge is 0.410 e. The van der Waals surface area contributed by atoms with Crippen LogP contribution in [0.1, 0.15) is 45.7 Å². The molecule has 2 atom stereocenters. The highest BCUT2D eigenvalue weighted by atomic mass is 19.3. The number of carbonyl (C=O) groups is 1. The lowest BCUT2D eigenvalue weighted by molar-refractivity contribution is -0.0934. The predicted octanol–water partition coefficient (Wildman–Crippen LogP) is 3.98. The molecule has 1 unspecified atom stereocenters. The Morgan fingerprint density at radius 2 is 1.96 bits per heavy atom. The molecule has 1 aliphatic heterocycles. The molecule has 1 aliphatic rings. The highest BCUT2D eigenvalue weighted by Gasteiger charge is 2.47. The zero-order valence-corrected chi connectivity index (χ0v) is 14.7. The number of nitrogens with one attached hydrogen (secondary N) is 1. The summed E-state index contributed by atoms with van der Waals surface area (Å²) >= 11 is 0. The molecule has 0 saturated carbocycles. The number of halogens is 2. The van der Waals surface area contributed by atoms with Crippen molar-refractivity contribution >= 4 is 6.09 Å². The summed E-state index contributed by atoms with van der Waals surface area (Å²) in [7, 11) is 0. The highest BCUT2D eigenvalue weighted by Crippen LogP contribution is 2.30. The van der Waals surface area contributed by atoms with Crippen LogP contribution in [0.25, 0.3) is 0 Å². The topological polar surface area (TPSA) is 41.6 Å². The first kappa shape index (κ1) is 18.6. The molecule has 2 rings (SSSR count). The van der Waals surface area contributed by atoms with E-state index in [1.165, 1.54) is 0 Å². The lowest BCUT2D eigenvalue weighted by Gasteiger charge is -2.40. The third-order valence-corrected chi connectivity index (χ3v) is 4.00. The van der Waals surface area contributed by atoms with E-state index >= 15 is 0 Å². The van der Waals surface area contributed by atoms with Crippen molar-refractivity contribution in [3.63, 3.8) is 0 Å². The van der Waals surface area contributed by atoms with Gasteiger partial charge in [0.25, 0.3) is 5.92 Å². The van der Waals surface area contributed by atoms with Gasteiger partial charge in [-0.3, -0.25) is 0 Å². The molecule has 1 heterocycles. The van der Waals surface area contributed by atoms with Gasteiger partial charge in [0.2, 0.25) is 0 Å². The van der Waals surface area contributed by atoms with Gasteiger partial charge in [-0.1, -0.05) is 30.3 Å². The van der Waals surface area contributed by atoms with Gasteiger partial charge in [0.15, 0.2) is 0 Å². The van der Waals surface area contributed by atoms with Crippen LogP contribution in [-0.2, 0) is 4.74 Å². The second-order valence-electron chi connectivity index (χ2n) is 7.30. The molecule has 0 aromatic heterocycles. The summed E-state index contributed by atoms with van der Waals surface area (Å²) in [6, 6.07) is 8.33. The van der Waals surface area contributed by atoms with Gasteiger partial charge < -0.3 is 15.0 Å². The number of amides is 1. The van der Waals surface area contributed by atoms with E-state index in [9.17, 15) is 13.6 Å². The number of hydrogen-bond donors (Lipinski definition) is 1. The molecule has 0 spiro atoms. The van der Waals surface area contributed by atoms with Gasteiger partial charge in [0, 0.05) is 12.6 Å². The van der Waals surface area contributed by atoms with Crippen molar-refractivity contribution in [2.75, 3.05) is 13.1 Å². The van der Waals surface area contributed by atoms with Gasteiger partial charge in [-0.25, -0.2) is 13.6 Å². The van der Waals surface area contributed by atoms with Crippen molar-refractivity contribution in [3.05, 3.63) is 35.9 Å². The number of ether oxygens (including phenoxy) is 1. The van der Waals surface area contributed by atoms with Crippen molar-refractivity contribution < 1.29 is 18.3 Å². The maximum Gasteiger partial charge on any atom is 0.410 e. The third-order valence-electron chi connectivity index (χ3n) is 4.00. The molecule has 1 amide bonds. The van der Waals surface area contributed by atoms with E-state index in [-0.39, 0.29) is 19.0 Å². The molecule has 1 fully saturated rings. The fraction of sp³-hybridized carbons (Fsp3) is 0.611. The van der Waals surface area contributed by atoms with Gasteiger partial charge in [-0.15, -0.1) is 0 Å². The largest absolute Gasteiger partial charge is 0.444 e. The van der Waals surface area contributed by atoms with Crippen molar-refractivity contribution in [1.29, 1.82) is 0 Å². The molecule has 24 heavy (non-hydrogen) atoms. The standard InChI is InChI=1S/C18H26F2N2O2/c1-13(14-8-6-5-7-9-14)21-15-10-11-22(12-18(15,19)20)16(23)24-17(2,3)4/h5-9,13,15,21H,10-12H2,1-4H3/t13-,15?/m1/s1. The summed E-state index contributed by atoms with van der Waals surface area (Å²) in [5.41, 5.74) is 0.270. The van der Waals surface area contributed by atoms with E-state index in [2.05, 4.69) is 5.32 Å². The number of nitrogens with zero attached hydrogens (tertiary/aromatic N) is 1. The molecule has 1 saturated heterocycles. The van der Waals surface area contributed by atoms with Crippen LogP contribution in [0.4, 0.5) is 13.6 Å². The maximum atomic E-state index is 14.5. The van der Waals surface area contributed by atoms with E-state index in [1.807, 2.05) is 37.3 Å². The second kappa shape index (κ2) is 7.05. The number of likely N-dealkylation sites (tertiary alicyclic amines) is 1. The van der Waals surface area contributed by atoms with Crippen molar-refractivity contribution in [2.24, 2.45) is 0 Å². The minimum Gasteiger partial charge on any atom is -0.444 e. The molecule has 1 aromatic rings. The van der Waals surface area contributed by atoms with Crippen LogP contribution in [-0.4, -0.2) is 41.6 Å². The summed E-state index contributed by atoms with van der Waals surface area (Å²) in [4.78, 5) is 13.1. The Labute approximate surface area is 142 Å². The molecule has 1 N–H and O–H groups in total. The first-order valence-electron chi connectivity index (χ1n) is 8.25. The number of rotatable bonds is 3. The first-order valence-corrected chi connectivity index (χ1v) is 8.25. The maximum absolute atomic E-state index is 14.5. The zero-order valence-electron chi connectivity index (χ0n) is 14.7. The Bertz CT molecular complexity index is 558. The number of hydrogen-bond acceptors (Lipinski definition) is 3. The number of benzene rings is 1. The van der Waals surface area contributed by atoms with Crippen molar-refractivity contribution in [2.45, 2.75) is 57.7 Å². The quantitative estimate of drug-likeness (QED) is 0.905. The predicted molar refractivity (Wildman–Crippen MR) is 89.2 cm³/mol. The van der Waals surface area contributed by atoms with Gasteiger partial charge in [0.05, 0.1) is 12.6 Å². The Balaban J connectivity index is 1.97. The molecule has 4 nitrogen and oxygen atoms in total. The summed E-state index contributed by atoms with van der Waals surface area (Å²) < 4.78 is 34.1. The lowest BCUT2D eigenvalue weighted by Crippen LogP contribution is -2.59. The van der Waals surface area contributed by atoms with Crippen LogP contribution in [0.5, 0.6) is 0 Å². The number of alkyl halides is 2. The average Bonchev–Trinajstić information content (AvgIpc) is 2.48. The van der Waals surface area contributed by atoms with Crippen molar-refractivity contribution in [1.82, 2.24) is 10.2 Å². The Morgan fingerprint density at radius 3 is 2.50 bits per heavy atom. The molecule has 1 aromatic carbocycles.